The zero-order valence-electron chi connectivity index (χ0n) is 12.8. The number of rotatable bonds is 4. The van der Waals surface area contributed by atoms with Gasteiger partial charge in [-0.2, -0.15) is 0 Å². The van der Waals surface area contributed by atoms with Gasteiger partial charge in [0.05, 0.1) is 17.1 Å². The minimum atomic E-state index is -3.69. The van der Waals surface area contributed by atoms with Gasteiger partial charge >= 0.3 is 0 Å². The molecular formula is C16H19FN2O2S. The Bertz CT molecular complexity index is 750. The fourth-order valence-electron chi connectivity index (χ4n) is 1.93. The molecule has 2 aromatic rings. The molecule has 0 aliphatic carbocycles. The van der Waals surface area contributed by atoms with Gasteiger partial charge in [0.1, 0.15) is 5.82 Å². The van der Waals surface area contributed by atoms with Crippen molar-refractivity contribution in [3.63, 3.8) is 0 Å². The van der Waals surface area contributed by atoms with Crippen LogP contribution in [0.3, 0.4) is 0 Å². The van der Waals surface area contributed by atoms with Gasteiger partial charge in [0.25, 0.3) is 0 Å². The fraction of sp³-hybridized carbons (Fsp3) is 0.312. The van der Waals surface area contributed by atoms with Crippen LogP contribution < -0.4 is 4.72 Å². The number of halogens is 1. The minimum Gasteiger partial charge on any atom is -0.257 e. The van der Waals surface area contributed by atoms with Gasteiger partial charge in [-0.3, -0.25) is 4.98 Å². The van der Waals surface area contributed by atoms with E-state index < -0.39 is 15.8 Å². The maximum atomic E-state index is 13.5. The molecule has 0 saturated carbocycles. The summed E-state index contributed by atoms with van der Waals surface area (Å²) >= 11 is 0. The molecule has 6 heteroatoms. The third-order valence-electron chi connectivity index (χ3n) is 3.29. The van der Waals surface area contributed by atoms with Gasteiger partial charge in [-0.05, 0) is 35.2 Å². The molecule has 0 unspecified atom stereocenters. The number of hydrogen-bond acceptors (Lipinski definition) is 3. The van der Waals surface area contributed by atoms with Gasteiger partial charge in [0, 0.05) is 6.20 Å². The van der Waals surface area contributed by atoms with E-state index in [1.807, 2.05) is 0 Å². The van der Waals surface area contributed by atoms with Crippen LogP contribution in [0.25, 0.3) is 0 Å². The first-order valence-corrected chi connectivity index (χ1v) is 8.38. The molecule has 0 fully saturated rings. The van der Waals surface area contributed by atoms with E-state index in [1.54, 1.807) is 24.3 Å². The molecule has 1 aromatic carbocycles. The van der Waals surface area contributed by atoms with Crippen LogP contribution in [0.4, 0.5) is 4.39 Å². The summed E-state index contributed by atoms with van der Waals surface area (Å²) in [6.45, 7) is 5.98. The Morgan fingerprint density at radius 1 is 1.14 bits per heavy atom. The summed E-state index contributed by atoms with van der Waals surface area (Å²) in [6.07, 6.45) is 1.42. The van der Waals surface area contributed by atoms with Crippen molar-refractivity contribution in [2.45, 2.75) is 37.6 Å². The van der Waals surface area contributed by atoms with E-state index >= 15 is 0 Å². The average molecular weight is 322 g/mol. The topological polar surface area (TPSA) is 59.1 Å². The number of hydrogen-bond donors (Lipinski definition) is 1. The number of pyridine rings is 1. The molecule has 4 nitrogen and oxygen atoms in total. The van der Waals surface area contributed by atoms with Crippen LogP contribution in [0.2, 0.25) is 0 Å². The molecule has 0 radical (unpaired) electrons. The van der Waals surface area contributed by atoms with Crippen LogP contribution in [0.15, 0.2) is 47.5 Å². The molecule has 1 aromatic heterocycles. The van der Waals surface area contributed by atoms with Crippen LogP contribution in [0.1, 0.15) is 32.0 Å². The van der Waals surface area contributed by atoms with Crippen LogP contribution in [-0.2, 0) is 22.0 Å². The van der Waals surface area contributed by atoms with E-state index in [-0.39, 0.29) is 22.5 Å². The van der Waals surface area contributed by atoms with Gasteiger partial charge in [-0.15, -0.1) is 0 Å². The van der Waals surface area contributed by atoms with E-state index in [1.165, 1.54) is 18.3 Å². The second-order valence-corrected chi connectivity index (χ2v) is 7.80. The fourth-order valence-corrected chi connectivity index (χ4v) is 2.92. The van der Waals surface area contributed by atoms with Crippen molar-refractivity contribution in [1.29, 1.82) is 0 Å². The maximum Gasteiger partial charge on any atom is 0.240 e. The molecule has 0 spiro atoms. The predicted molar refractivity (Wildman–Crippen MR) is 83.4 cm³/mol. The monoisotopic (exact) mass is 322 g/mol. The quantitative estimate of drug-likeness (QED) is 0.941. The molecule has 22 heavy (non-hydrogen) atoms. The van der Waals surface area contributed by atoms with Crippen molar-refractivity contribution in [2.75, 3.05) is 0 Å². The number of nitrogens with one attached hydrogen (secondary N) is 1. The summed E-state index contributed by atoms with van der Waals surface area (Å²) in [7, 11) is -3.69. The molecule has 1 heterocycles. The van der Waals surface area contributed by atoms with Crippen molar-refractivity contribution < 1.29 is 12.8 Å². The summed E-state index contributed by atoms with van der Waals surface area (Å²) in [4.78, 5) is 3.97. The first-order chi connectivity index (χ1) is 10.2. The zero-order valence-corrected chi connectivity index (χ0v) is 13.6. The summed E-state index contributed by atoms with van der Waals surface area (Å²) in [5.41, 5.74) is 1.06. The van der Waals surface area contributed by atoms with Crippen LogP contribution in [0, 0.1) is 5.82 Å². The van der Waals surface area contributed by atoms with E-state index in [9.17, 15) is 12.8 Å². The number of benzene rings is 1. The van der Waals surface area contributed by atoms with Crippen molar-refractivity contribution in [1.82, 2.24) is 9.71 Å². The highest BCUT2D eigenvalue weighted by atomic mass is 32.2. The third-order valence-corrected chi connectivity index (χ3v) is 4.71. The highest BCUT2D eigenvalue weighted by molar-refractivity contribution is 7.89. The Labute approximate surface area is 130 Å². The minimum absolute atomic E-state index is 0.0488. The molecule has 2 rings (SSSR count). The lowest BCUT2D eigenvalue weighted by molar-refractivity contribution is 0.568. The molecular weight excluding hydrogens is 303 g/mol. The van der Waals surface area contributed by atoms with Gasteiger partial charge in [-0.1, -0.05) is 32.9 Å². The summed E-state index contributed by atoms with van der Waals surface area (Å²) in [5.74, 6) is -0.534. The normalized spacial score (nSPS) is 12.4. The molecule has 1 N–H and O–H groups in total. The lowest BCUT2D eigenvalue weighted by Gasteiger charge is -2.19. The summed E-state index contributed by atoms with van der Waals surface area (Å²) < 4.78 is 40.2. The molecule has 0 saturated heterocycles. The van der Waals surface area contributed by atoms with Gasteiger partial charge < -0.3 is 0 Å². The maximum absolute atomic E-state index is 13.5. The van der Waals surface area contributed by atoms with Crippen molar-refractivity contribution in [3.05, 3.63) is 59.7 Å². The Morgan fingerprint density at radius 2 is 1.77 bits per heavy atom. The Balaban J connectivity index is 2.15. The van der Waals surface area contributed by atoms with Crippen LogP contribution in [-0.4, -0.2) is 13.4 Å². The highest BCUT2D eigenvalue weighted by Gasteiger charge is 2.18. The second kappa shape index (κ2) is 6.14. The van der Waals surface area contributed by atoms with Crippen molar-refractivity contribution in [2.24, 2.45) is 0 Å². The van der Waals surface area contributed by atoms with E-state index in [0.717, 1.165) is 5.56 Å². The molecule has 0 atom stereocenters. The Kier molecular flexibility index (Phi) is 4.63. The molecule has 0 aliphatic rings. The number of aromatic nitrogens is 1. The lowest BCUT2D eigenvalue weighted by Crippen LogP contribution is -2.24. The SMILES string of the molecule is CC(C)(C)c1ccc(S(=O)(=O)NCc2ncccc2F)cc1. The standard InChI is InChI=1S/C16H19FN2O2S/c1-16(2,3)12-6-8-13(9-7-12)22(20,21)19-11-15-14(17)5-4-10-18-15/h4-10,19H,11H2,1-3H3. The predicted octanol–water partition coefficient (Wildman–Crippen LogP) is 3.00. The Hall–Kier alpha value is -1.79. The van der Waals surface area contributed by atoms with Crippen molar-refractivity contribution in [3.8, 4) is 0 Å². The number of sulfonamides is 1. The molecule has 0 bridgehead atoms. The average Bonchev–Trinajstić information content (AvgIpc) is 2.46. The van der Waals surface area contributed by atoms with Crippen LogP contribution in [0.5, 0.6) is 0 Å². The Morgan fingerprint density at radius 3 is 2.32 bits per heavy atom. The van der Waals surface area contributed by atoms with Gasteiger partial charge in [-0.25, -0.2) is 17.5 Å². The van der Waals surface area contributed by atoms with Gasteiger partial charge in [0.2, 0.25) is 10.0 Å². The third kappa shape index (κ3) is 3.90. The summed E-state index contributed by atoms with van der Waals surface area (Å²) in [5, 5.41) is 0. The highest BCUT2D eigenvalue weighted by Crippen LogP contribution is 2.23. The number of nitrogens with zero attached hydrogens (tertiary/aromatic N) is 1. The van der Waals surface area contributed by atoms with E-state index in [4.69, 9.17) is 0 Å². The smallest absolute Gasteiger partial charge is 0.240 e. The first-order valence-electron chi connectivity index (χ1n) is 6.90. The first kappa shape index (κ1) is 16.6. The van der Waals surface area contributed by atoms with Crippen LogP contribution >= 0.6 is 0 Å². The molecule has 0 amide bonds. The lowest BCUT2D eigenvalue weighted by atomic mass is 9.87. The zero-order chi connectivity index (χ0) is 16.4. The van der Waals surface area contributed by atoms with E-state index in [2.05, 4.69) is 30.5 Å². The summed E-state index contributed by atoms with van der Waals surface area (Å²) in [6, 6.07) is 9.38. The molecule has 0 aliphatic heterocycles. The van der Waals surface area contributed by atoms with E-state index in [0.29, 0.717) is 0 Å². The largest absolute Gasteiger partial charge is 0.257 e. The van der Waals surface area contributed by atoms with Crippen molar-refractivity contribution >= 4 is 10.0 Å². The van der Waals surface area contributed by atoms with Gasteiger partial charge in [0.15, 0.2) is 0 Å². The second-order valence-electron chi connectivity index (χ2n) is 6.03. The molecule has 118 valence electrons.